The fraction of sp³-hybridized carbons (Fsp3) is 0.529. The Morgan fingerprint density at radius 1 is 1.09 bits per heavy atom. The fourth-order valence-corrected chi connectivity index (χ4v) is 2.11. The Balaban J connectivity index is 2.68. The number of benzene rings is 1. The van der Waals surface area contributed by atoms with Crippen LogP contribution in [0.1, 0.15) is 25.8 Å². The molecule has 0 radical (unpaired) electrons. The van der Waals surface area contributed by atoms with Gasteiger partial charge in [0, 0.05) is 13.1 Å². The minimum Gasteiger partial charge on any atom is -0.497 e. The van der Waals surface area contributed by atoms with Crippen molar-refractivity contribution in [1.82, 2.24) is 4.90 Å². The summed E-state index contributed by atoms with van der Waals surface area (Å²) in [7, 11) is 1.61. The second kappa shape index (κ2) is 10.6. The lowest BCUT2D eigenvalue weighted by molar-refractivity contribution is -0.147. The SMILES string of the molecule is CCOC(=O)CCN(CC(=O)OCC)Cc1cccc(OC)c1. The van der Waals surface area contributed by atoms with E-state index >= 15 is 0 Å². The number of rotatable bonds is 10. The van der Waals surface area contributed by atoms with Gasteiger partial charge in [-0.15, -0.1) is 0 Å². The van der Waals surface area contributed by atoms with Crippen LogP contribution >= 0.6 is 0 Å². The number of hydrogen-bond acceptors (Lipinski definition) is 6. The number of nitrogens with zero attached hydrogens (tertiary/aromatic N) is 1. The summed E-state index contributed by atoms with van der Waals surface area (Å²) >= 11 is 0. The highest BCUT2D eigenvalue weighted by atomic mass is 16.5. The monoisotopic (exact) mass is 323 g/mol. The lowest BCUT2D eigenvalue weighted by atomic mass is 10.2. The first kappa shape index (κ1) is 19.0. The molecule has 1 aromatic carbocycles. The van der Waals surface area contributed by atoms with Gasteiger partial charge in [0.2, 0.25) is 0 Å². The summed E-state index contributed by atoms with van der Waals surface area (Å²) < 4.78 is 15.1. The molecule has 0 saturated carbocycles. The third kappa shape index (κ3) is 7.65. The number of hydrogen-bond donors (Lipinski definition) is 0. The number of esters is 2. The third-order valence-electron chi connectivity index (χ3n) is 3.14. The third-order valence-corrected chi connectivity index (χ3v) is 3.14. The highest BCUT2D eigenvalue weighted by Gasteiger charge is 2.14. The normalized spacial score (nSPS) is 10.4. The van der Waals surface area contributed by atoms with E-state index in [4.69, 9.17) is 14.2 Å². The largest absolute Gasteiger partial charge is 0.497 e. The number of carbonyl (C=O) groups excluding carboxylic acids is 2. The van der Waals surface area contributed by atoms with Gasteiger partial charge in [-0.2, -0.15) is 0 Å². The van der Waals surface area contributed by atoms with E-state index in [0.717, 1.165) is 11.3 Å². The Labute approximate surface area is 137 Å². The average Bonchev–Trinajstić information content (AvgIpc) is 2.53. The summed E-state index contributed by atoms with van der Waals surface area (Å²) in [6.45, 7) is 5.30. The van der Waals surface area contributed by atoms with Gasteiger partial charge in [0.25, 0.3) is 0 Å². The molecule has 6 heteroatoms. The molecule has 0 fully saturated rings. The molecule has 0 amide bonds. The molecule has 0 aliphatic heterocycles. The summed E-state index contributed by atoms with van der Waals surface area (Å²) in [5.74, 6) is 0.176. The summed E-state index contributed by atoms with van der Waals surface area (Å²) in [6.07, 6.45) is 0.233. The minimum atomic E-state index is -0.306. The van der Waals surface area contributed by atoms with Gasteiger partial charge >= 0.3 is 11.9 Å². The van der Waals surface area contributed by atoms with E-state index in [2.05, 4.69) is 0 Å². The maximum Gasteiger partial charge on any atom is 0.320 e. The van der Waals surface area contributed by atoms with Gasteiger partial charge in [0.15, 0.2) is 0 Å². The standard InChI is InChI=1S/C17H25NO5/c1-4-22-16(19)9-10-18(13-17(20)23-5-2)12-14-7-6-8-15(11-14)21-3/h6-8,11H,4-5,9-10,12-13H2,1-3H3. The van der Waals surface area contributed by atoms with E-state index in [1.165, 1.54) is 0 Å². The summed E-state index contributed by atoms with van der Waals surface area (Å²) in [5.41, 5.74) is 0.998. The van der Waals surface area contributed by atoms with Crippen LogP contribution in [0.15, 0.2) is 24.3 Å². The van der Waals surface area contributed by atoms with Crippen molar-refractivity contribution in [2.24, 2.45) is 0 Å². The van der Waals surface area contributed by atoms with Crippen molar-refractivity contribution in [3.63, 3.8) is 0 Å². The lowest BCUT2D eigenvalue weighted by Crippen LogP contribution is -2.32. The highest BCUT2D eigenvalue weighted by Crippen LogP contribution is 2.14. The molecular weight excluding hydrogens is 298 g/mol. The average molecular weight is 323 g/mol. The zero-order valence-corrected chi connectivity index (χ0v) is 14.0. The van der Waals surface area contributed by atoms with Gasteiger partial charge in [0.1, 0.15) is 5.75 Å². The molecule has 0 heterocycles. The van der Waals surface area contributed by atoms with Gasteiger partial charge in [-0.05, 0) is 31.5 Å². The molecule has 23 heavy (non-hydrogen) atoms. The molecular formula is C17H25NO5. The van der Waals surface area contributed by atoms with Crippen LogP contribution in [0.5, 0.6) is 5.75 Å². The molecule has 1 aromatic rings. The van der Waals surface area contributed by atoms with Crippen molar-refractivity contribution in [1.29, 1.82) is 0 Å². The van der Waals surface area contributed by atoms with E-state index in [1.807, 2.05) is 29.2 Å². The van der Waals surface area contributed by atoms with Crippen LogP contribution in [-0.4, -0.2) is 50.3 Å². The van der Waals surface area contributed by atoms with Crippen molar-refractivity contribution in [2.75, 3.05) is 33.4 Å². The highest BCUT2D eigenvalue weighted by molar-refractivity contribution is 5.72. The minimum absolute atomic E-state index is 0.129. The Kier molecular flexibility index (Phi) is 8.75. The molecule has 0 aliphatic rings. The van der Waals surface area contributed by atoms with Crippen LogP contribution in [-0.2, 0) is 25.6 Å². The molecule has 128 valence electrons. The first-order chi connectivity index (χ1) is 11.1. The molecule has 0 atom stereocenters. The summed E-state index contributed by atoms with van der Waals surface area (Å²) in [6, 6.07) is 7.60. The van der Waals surface area contributed by atoms with Crippen molar-refractivity contribution in [3.05, 3.63) is 29.8 Å². The molecule has 0 bridgehead atoms. The van der Waals surface area contributed by atoms with Crippen LogP contribution in [0.25, 0.3) is 0 Å². The molecule has 0 aliphatic carbocycles. The molecule has 6 nitrogen and oxygen atoms in total. The Bertz CT molecular complexity index is 504. The number of carbonyl (C=O) groups is 2. The first-order valence-electron chi connectivity index (χ1n) is 7.75. The van der Waals surface area contributed by atoms with Crippen molar-refractivity contribution >= 4 is 11.9 Å². The van der Waals surface area contributed by atoms with E-state index in [1.54, 1.807) is 21.0 Å². The Morgan fingerprint density at radius 3 is 2.43 bits per heavy atom. The lowest BCUT2D eigenvalue weighted by Gasteiger charge is -2.21. The van der Waals surface area contributed by atoms with Crippen molar-refractivity contribution < 1.29 is 23.8 Å². The van der Waals surface area contributed by atoms with Crippen LogP contribution in [0, 0.1) is 0 Å². The van der Waals surface area contributed by atoms with Crippen molar-refractivity contribution in [2.45, 2.75) is 26.8 Å². The Morgan fingerprint density at radius 2 is 1.78 bits per heavy atom. The van der Waals surface area contributed by atoms with Crippen molar-refractivity contribution in [3.8, 4) is 5.75 Å². The van der Waals surface area contributed by atoms with E-state index < -0.39 is 0 Å². The predicted octanol–water partition coefficient (Wildman–Crippen LogP) is 2.01. The summed E-state index contributed by atoms with van der Waals surface area (Å²) in [5, 5.41) is 0. The molecule has 0 spiro atoms. The van der Waals surface area contributed by atoms with Gasteiger partial charge in [-0.25, -0.2) is 0 Å². The van der Waals surface area contributed by atoms with E-state index in [-0.39, 0.29) is 24.9 Å². The maximum absolute atomic E-state index is 11.7. The van der Waals surface area contributed by atoms with Gasteiger partial charge in [-0.1, -0.05) is 12.1 Å². The number of ether oxygens (including phenoxy) is 3. The smallest absolute Gasteiger partial charge is 0.320 e. The zero-order valence-electron chi connectivity index (χ0n) is 14.0. The predicted molar refractivity (Wildman–Crippen MR) is 86.2 cm³/mol. The zero-order chi connectivity index (χ0) is 17.1. The molecule has 0 saturated heterocycles. The quantitative estimate of drug-likeness (QED) is 0.614. The number of methoxy groups -OCH3 is 1. The maximum atomic E-state index is 11.7. The second-order valence-corrected chi connectivity index (χ2v) is 4.92. The molecule has 0 unspecified atom stereocenters. The van der Waals surface area contributed by atoms with Crippen LogP contribution in [0.3, 0.4) is 0 Å². The van der Waals surface area contributed by atoms with E-state index in [9.17, 15) is 9.59 Å². The second-order valence-electron chi connectivity index (χ2n) is 4.92. The summed E-state index contributed by atoms with van der Waals surface area (Å²) in [4.78, 5) is 25.1. The van der Waals surface area contributed by atoms with Crippen LogP contribution < -0.4 is 4.74 Å². The van der Waals surface area contributed by atoms with Crippen LogP contribution in [0.4, 0.5) is 0 Å². The van der Waals surface area contributed by atoms with Crippen LogP contribution in [0.2, 0.25) is 0 Å². The molecule has 1 rings (SSSR count). The Hall–Kier alpha value is -2.08. The molecule has 0 N–H and O–H groups in total. The molecule has 0 aromatic heterocycles. The topological polar surface area (TPSA) is 65.1 Å². The van der Waals surface area contributed by atoms with Gasteiger partial charge in [-0.3, -0.25) is 14.5 Å². The fourth-order valence-electron chi connectivity index (χ4n) is 2.11. The van der Waals surface area contributed by atoms with E-state index in [0.29, 0.717) is 26.3 Å². The van der Waals surface area contributed by atoms with Gasteiger partial charge < -0.3 is 14.2 Å². The van der Waals surface area contributed by atoms with Gasteiger partial charge in [0.05, 0.1) is 33.3 Å². The first-order valence-corrected chi connectivity index (χ1v) is 7.75.